The Balaban J connectivity index is 1.49. The number of nitrogens with zero attached hydrogens (tertiary/aromatic N) is 3. The Labute approximate surface area is 153 Å². The predicted octanol–water partition coefficient (Wildman–Crippen LogP) is 2.09. The van der Waals surface area contributed by atoms with Gasteiger partial charge in [-0.25, -0.2) is 0 Å². The number of piperidine rings is 1. The maximum absolute atomic E-state index is 12.0. The average molecular weight is 355 g/mol. The highest BCUT2D eigenvalue weighted by molar-refractivity contribution is 5.98. The fraction of sp³-hybridized carbons (Fsp3) is 0.421. The largest absolute Gasteiger partial charge is 0.372 e. The van der Waals surface area contributed by atoms with Gasteiger partial charge < -0.3 is 15.5 Å². The van der Waals surface area contributed by atoms with Crippen molar-refractivity contribution in [3.05, 3.63) is 41.7 Å². The molecule has 1 aromatic heterocycles. The van der Waals surface area contributed by atoms with E-state index in [1.165, 1.54) is 24.9 Å². The van der Waals surface area contributed by atoms with Crippen LogP contribution < -0.4 is 15.5 Å². The summed E-state index contributed by atoms with van der Waals surface area (Å²) < 4.78 is 1.62. The van der Waals surface area contributed by atoms with Crippen molar-refractivity contribution < 1.29 is 9.59 Å². The van der Waals surface area contributed by atoms with E-state index < -0.39 is 0 Å². The number of benzene rings is 1. The van der Waals surface area contributed by atoms with Gasteiger partial charge in [0, 0.05) is 37.2 Å². The zero-order chi connectivity index (χ0) is 18.5. The van der Waals surface area contributed by atoms with E-state index in [0.29, 0.717) is 5.69 Å². The molecule has 1 fully saturated rings. The molecule has 3 rings (SSSR count). The van der Waals surface area contributed by atoms with E-state index in [1.807, 2.05) is 31.2 Å². The van der Waals surface area contributed by atoms with Gasteiger partial charge in [-0.05, 0) is 56.5 Å². The van der Waals surface area contributed by atoms with Crippen LogP contribution in [0.3, 0.4) is 0 Å². The minimum Gasteiger partial charge on any atom is -0.372 e. The van der Waals surface area contributed by atoms with Crippen LogP contribution in [-0.4, -0.2) is 41.2 Å². The van der Waals surface area contributed by atoms with E-state index in [1.54, 1.807) is 17.8 Å². The van der Waals surface area contributed by atoms with E-state index in [2.05, 4.69) is 20.6 Å². The third kappa shape index (κ3) is 4.41. The van der Waals surface area contributed by atoms with Crippen LogP contribution in [0.5, 0.6) is 0 Å². The molecular weight excluding hydrogens is 330 g/mol. The number of carbonyl (C=O) groups excluding carboxylic acids is 2. The van der Waals surface area contributed by atoms with Crippen LogP contribution in [0.1, 0.15) is 35.4 Å². The van der Waals surface area contributed by atoms with Gasteiger partial charge in [0.1, 0.15) is 5.69 Å². The summed E-state index contributed by atoms with van der Waals surface area (Å²) in [6.45, 7) is 3.95. The van der Waals surface area contributed by atoms with Crippen molar-refractivity contribution in [2.24, 2.45) is 7.05 Å². The van der Waals surface area contributed by atoms with Crippen LogP contribution in [0, 0.1) is 6.92 Å². The summed E-state index contributed by atoms with van der Waals surface area (Å²) >= 11 is 0. The highest BCUT2D eigenvalue weighted by Crippen LogP contribution is 2.21. The van der Waals surface area contributed by atoms with Gasteiger partial charge in [-0.2, -0.15) is 5.10 Å². The summed E-state index contributed by atoms with van der Waals surface area (Å²) in [5.41, 5.74) is 3.09. The Morgan fingerprint density at radius 3 is 2.42 bits per heavy atom. The van der Waals surface area contributed by atoms with Crippen LogP contribution in [-0.2, 0) is 11.8 Å². The molecule has 0 atom stereocenters. The predicted molar refractivity (Wildman–Crippen MR) is 101 cm³/mol. The summed E-state index contributed by atoms with van der Waals surface area (Å²) in [5.74, 6) is -0.624. The van der Waals surface area contributed by atoms with Crippen molar-refractivity contribution in [1.82, 2.24) is 15.1 Å². The Bertz CT molecular complexity index is 756. The average Bonchev–Trinajstić information content (AvgIpc) is 3.00. The Morgan fingerprint density at radius 1 is 1.12 bits per heavy atom. The molecule has 138 valence electrons. The molecule has 2 amide bonds. The molecule has 0 saturated carbocycles. The van der Waals surface area contributed by atoms with Crippen LogP contribution in [0.15, 0.2) is 30.3 Å². The number of aryl methyl sites for hydroxylation is 2. The lowest BCUT2D eigenvalue weighted by Gasteiger charge is -2.28. The van der Waals surface area contributed by atoms with E-state index >= 15 is 0 Å². The lowest BCUT2D eigenvalue weighted by Crippen LogP contribution is -2.33. The van der Waals surface area contributed by atoms with Crippen LogP contribution in [0.25, 0.3) is 0 Å². The van der Waals surface area contributed by atoms with Crippen molar-refractivity contribution in [3.63, 3.8) is 0 Å². The number of carbonyl (C=O) groups is 2. The van der Waals surface area contributed by atoms with E-state index in [-0.39, 0.29) is 18.4 Å². The van der Waals surface area contributed by atoms with Crippen molar-refractivity contribution in [3.8, 4) is 0 Å². The molecular formula is C19H25N5O2. The molecule has 2 aromatic rings. The van der Waals surface area contributed by atoms with E-state index in [4.69, 9.17) is 0 Å². The monoisotopic (exact) mass is 355 g/mol. The summed E-state index contributed by atoms with van der Waals surface area (Å²) in [6.07, 6.45) is 3.76. The normalized spacial score (nSPS) is 14.2. The fourth-order valence-corrected chi connectivity index (χ4v) is 3.04. The lowest BCUT2D eigenvalue weighted by atomic mass is 10.1. The molecule has 0 radical (unpaired) electrons. The first-order valence-electron chi connectivity index (χ1n) is 8.96. The number of nitrogens with one attached hydrogen (secondary N) is 2. The summed E-state index contributed by atoms with van der Waals surface area (Å²) in [6, 6.07) is 9.52. The Kier molecular flexibility index (Phi) is 5.55. The second kappa shape index (κ2) is 8.03. The molecule has 7 heteroatoms. The minimum absolute atomic E-state index is 0.0949. The first kappa shape index (κ1) is 18.0. The smallest absolute Gasteiger partial charge is 0.272 e. The molecule has 0 spiro atoms. The second-order valence-electron chi connectivity index (χ2n) is 6.62. The maximum atomic E-state index is 12.0. The molecule has 0 aliphatic carbocycles. The number of rotatable bonds is 5. The fourth-order valence-electron chi connectivity index (χ4n) is 3.04. The lowest BCUT2D eigenvalue weighted by molar-refractivity contribution is -0.115. The van der Waals surface area contributed by atoms with Crippen molar-refractivity contribution >= 4 is 23.2 Å². The van der Waals surface area contributed by atoms with Crippen LogP contribution in [0.4, 0.5) is 11.4 Å². The molecule has 0 unspecified atom stereocenters. The van der Waals surface area contributed by atoms with Gasteiger partial charge in [0.05, 0.1) is 6.54 Å². The molecule has 1 aromatic carbocycles. The van der Waals surface area contributed by atoms with E-state index in [9.17, 15) is 9.59 Å². The van der Waals surface area contributed by atoms with Gasteiger partial charge in [0.2, 0.25) is 5.91 Å². The summed E-state index contributed by atoms with van der Waals surface area (Å²) in [4.78, 5) is 26.4. The minimum atomic E-state index is -0.357. The summed E-state index contributed by atoms with van der Waals surface area (Å²) in [7, 11) is 1.77. The van der Waals surface area contributed by atoms with Crippen molar-refractivity contribution in [2.75, 3.05) is 29.9 Å². The molecule has 26 heavy (non-hydrogen) atoms. The second-order valence-corrected chi connectivity index (χ2v) is 6.62. The SMILES string of the molecule is Cc1cc(C(=O)NCC(=O)Nc2ccc(N3CCCCC3)cc2)nn1C. The quantitative estimate of drug-likeness (QED) is 0.861. The first-order valence-corrected chi connectivity index (χ1v) is 8.96. The molecule has 7 nitrogen and oxygen atoms in total. The van der Waals surface area contributed by atoms with Gasteiger partial charge in [0.25, 0.3) is 5.91 Å². The van der Waals surface area contributed by atoms with Crippen molar-refractivity contribution in [1.29, 1.82) is 0 Å². The van der Waals surface area contributed by atoms with Crippen LogP contribution in [0.2, 0.25) is 0 Å². The molecule has 1 saturated heterocycles. The summed E-state index contributed by atoms with van der Waals surface area (Å²) in [5, 5.41) is 9.48. The molecule has 1 aliphatic rings. The third-order valence-corrected chi connectivity index (χ3v) is 4.63. The van der Waals surface area contributed by atoms with Gasteiger partial charge in [-0.15, -0.1) is 0 Å². The van der Waals surface area contributed by atoms with Gasteiger partial charge in [-0.1, -0.05) is 0 Å². The topological polar surface area (TPSA) is 79.3 Å². The molecule has 2 N–H and O–H groups in total. The first-order chi connectivity index (χ1) is 12.5. The highest BCUT2D eigenvalue weighted by Gasteiger charge is 2.13. The molecule has 1 aliphatic heterocycles. The number of anilines is 2. The number of amides is 2. The number of hydrogen-bond donors (Lipinski definition) is 2. The third-order valence-electron chi connectivity index (χ3n) is 4.63. The Morgan fingerprint density at radius 2 is 1.81 bits per heavy atom. The van der Waals surface area contributed by atoms with Gasteiger partial charge >= 0.3 is 0 Å². The van der Waals surface area contributed by atoms with Crippen LogP contribution >= 0.6 is 0 Å². The Hall–Kier alpha value is -2.83. The highest BCUT2D eigenvalue weighted by atomic mass is 16.2. The zero-order valence-corrected chi connectivity index (χ0v) is 15.3. The van der Waals surface area contributed by atoms with Gasteiger partial charge in [0.15, 0.2) is 0 Å². The zero-order valence-electron chi connectivity index (χ0n) is 15.3. The molecule has 2 heterocycles. The van der Waals surface area contributed by atoms with Gasteiger partial charge in [-0.3, -0.25) is 14.3 Å². The van der Waals surface area contributed by atoms with E-state index in [0.717, 1.165) is 24.5 Å². The maximum Gasteiger partial charge on any atom is 0.272 e. The number of aromatic nitrogens is 2. The number of hydrogen-bond acceptors (Lipinski definition) is 4. The standard InChI is InChI=1S/C19H25N5O2/c1-14-12-17(22-23(14)2)19(26)20-13-18(25)21-15-6-8-16(9-7-15)24-10-4-3-5-11-24/h6-9,12H,3-5,10-11,13H2,1-2H3,(H,20,26)(H,21,25). The molecule has 0 bridgehead atoms. The van der Waals surface area contributed by atoms with Crippen molar-refractivity contribution in [2.45, 2.75) is 26.2 Å².